The minimum absolute atomic E-state index is 0.744. The highest BCUT2D eigenvalue weighted by Gasteiger charge is 2.19. The molecule has 1 N–H and O–H groups in total. The number of hydrogen-bond donors (Lipinski definition) is 1. The van der Waals surface area contributed by atoms with Gasteiger partial charge in [-0.05, 0) is 58.3 Å². The fourth-order valence-electron chi connectivity index (χ4n) is 2.36. The van der Waals surface area contributed by atoms with Crippen LogP contribution < -0.4 is 5.32 Å². The van der Waals surface area contributed by atoms with Crippen molar-refractivity contribution >= 4 is 0 Å². The maximum Gasteiger partial charge on any atom is 0.0480 e. The van der Waals surface area contributed by atoms with Gasteiger partial charge in [-0.1, -0.05) is 13.8 Å². The lowest BCUT2D eigenvalue weighted by atomic mass is 10.1. The summed E-state index contributed by atoms with van der Waals surface area (Å²) in [5, 5.41) is 3.44. The highest BCUT2D eigenvalue weighted by atomic mass is 16.5. The van der Waals surface area contributed by atoms with Crippen LogP contribution in [0.5, 0.6) is 0 Å². The molecule has 1 saturated heterocycles. The third kappa shape index (κ3) is 7.02. The van der Waals surface area contributed by atoms with Crippen LogP contribution >= 0.6 is 0 Å². The molecule has 0 aliphatic carbocycles. The van der Waals surface area contributed by atoms with E-state index < -0.39 is 0 Å². The minimum Gasteiger partial charge on any atom is -0.381 e. The summed E-state index contributed by atoms with van der Waals surface area (Å²) in [6, 6.07) is 0.772. The normalized spacial score (nSPS) is 21.5. The molecular formula is C14H30N2O. The Labute approximate surface area is 107 Å². The molecule has 1 aliphatic heterocycles. The van der Waals surface area contributed by atoms with Crippen LogP contribution in [0.1, 0.15) is 39.5 Å². The summed E-state index contributed by atoms with van der Waals surface area (Å²) in [4.78, 5) is 2.47. The molecule has 1 unspecified atom stereocenters. The van der Waals surface area contributed by atoms with Gasteiger partial charge in [0, 0.05) is 19.3 Å². The van der Waals surface area contributed by atoms with Crippen molar-refractivity contribution in [2.75, 3.05) is 39.9 Å². The van der Waals surface area contributed by atoms with Gasteiger partial charge in [0.1, 0.15) is 0 Å². The third-order valence-corrected chi connectivity index (χ3v) is 3.46. The monoisotopic (exact) mass is 242 g/mol. The molecule has 1 rings (SSSR count). The van der Waals surface area contributed by atoms with E-state index in [0.29, 0.717) is 0 Å². The Kier molecular flexibility index (Phi) is 7.82. The summed E-state index contributed by atoms with van der Waals surface area (Å²) in [5.41, 5.74) is 0. The zero-order chi connectivity index (χ0) is 12.5. The van der Waals surface area contributed by atoms with Gasteiger partial charge in [0.15, 0.2) is 0 Å². The smallest absolute Gasteiger partial charge is 0.0480 e. The van der Waals surface area contributed by atoms with Crippen molar-refractivity contribution in [3.63, 3.8) is 0 Å². The van der Waals surface area contributed by atoms with Crippen molar-refractivity contribution in [3.8, 4) is 0 Å². The second-order valence-electron chi connectivity index (χ2n) is 5.63. The lowest BCUT2D eigenvalue weighted by Crippen LogP contribution is -2.26. The zero-order valence-electron chi connectivity index (χ0n) is 11.9. The summed E-state index contributed by atoms with van der Waals surface area (Å²) in [6.07, 6.45) is 5.05. The standard InChI is InChI=1S/C14H30N2O/c1-13(2)12-15-8-5-10-17-11-7-14-6-4-9-16(14)3/h13-15H,4-12H2,1-3H3. The Morgan fingerprint density at radius 2 is 2.18 bits per heavy atom. The molecule has 102 valence electrons. The van der Waals surface area contributed by atoms with Gasteiger partial charge in [-0.15, -0.1) is 0 Å². The van der Waals surface area contributed by atoms with E-state index in [4.69, 9.17) is 4.74 Å². The van der Waals surface area contributed by atoms with E-state index in [0.717, 1.165) is 44.7 Å². The molecule has 17 heavy (non-hydrogen) atoms. The number of ether oxygens (including phenoxy) is 1. The largest absolute Gasteiger partial charge is 0.381 e. The lowest BCUT2D eigenvalue weighted by molar-refractivity contribution is 0.111. The minimum atomic E-state index is 0.744. The Hall–Kier alpha value is -0.120. The van der Waals surface area contributed by atoms with Crippen LogP contribution in [0.25, 0.3) is 0 Å². The first-order valence-corrected chi connectivity index (χ1v) is 7.19. The van der Waals surface area contributed by atoms with E-state index in [9.17, 15) is 0 Å². The van der Waals surface area contributed by atoms with Crippen LogP contribution in [0, 0.1) is 5.92 Å². The van der Waals surface area contributed by atoms with Crippen molar-refractivity contribution in [1.29, 1.82) is 0 Å². The molecule has 0 amide bonds. The van der Waals surface area contributed by atoms with Gasteiger partial charge in [0.05, 0.1) is 0 Å². The molecule has 0 radical (unpaired) electrons. The van der Waals surface area contributed by atoms with Crippen LogP contribution in [0.2, 0.25) is 0 Å². The third-order valence-electron chi connectivity index (χ3n) is 3.46. The van der Waals surface area contributed by atoms with Crippen molar-refractivity contribution < 1.29 is 4.74 Å². The second-order valence-corrected chi connectivity index (χ2v) is 5.63. The molecule has 0 bridgehead atoms. The van der Waals surface area contributed by atoms with E-state index in [1.165, 1.54) is 25.8 Å². The van der Waals surface area contributed by atoms with Gasteiger partial charge in [0.25, 0.3) is 0 Å². The van der Waals surface area contributed by atoms with Crippen molar-refractivity contribution in [3.05, 3.63) is 0 Å². The van der Waals surface area contributed by atoms with Crippen molar-refractivity contribution in [2.24, 2.45) is 5.92 Å². The van der Waals surface area contributed by atoms with Gasteiger partial charge < -0.3 is 15.0 Å². The molecule has 3 heteroatoms. The maximum atomic E-state index is 5.68. The van der Waals surface area contributed by atoms with Crippen LogP contribution in [0.15, 0.2) is 0 Å². The second kappa shape index (κ2) is 8.90. The molecule has 1 atom stereocenters. The van der Waals surface area contributed by atoms with E-state index in [-0.39, 0.29) is 0 Å². The summed E-state index contributed by atoms with van der Waals surface area (Å²) >= 11 is 0. The summed E-state index contributed by atoms with van der Waals surface area (Å²) in [5.74, 6) is 0.744. The molecule has 0 saturated carbocycles. The van der Waals surface area contributed by atoms with Gasteiger partial charge in [-0.25, -0.2) is 0 Å². The van der Waals surface area contributed by atoms with Gasteiger partial charge >= 0.3 is 0 Å². The number of hydrogen-bond acceptors (Lipinski definition) is 3. The van der Waals surface area contributed by atoms with Gasteiger partial charge in [-0.2, -0.15) is 0 Å². The fraction of sp³-hybridized carbons (Fsp3) is 1.00. The Balaban J connectivity index is 1.81. The lowest BCUT2D eigenvalue weighted by Gasteiger charge is -2.18. The topological polar surface area (TPSA) is 24.5 Å². The molecular weight excluding hydrogens is 212 g/mol. The Morgan fingerprint density at radius 1 is 1.35 bits per heavy atom. The van der Waals surface area contributed by atoms with Crippen LogP contribution in [-0.2, 0) is 4.74 Å². The predicted molar refractivity (Wildman–Crippen MR) is 73.4 cm³/mol. The van der Waals surface area contributed by atoms with Gasteiger partial charge in [-0.3, -0.25) is 0 Å². The molecule has 0 spiro atoms. The highest BCUT2D eigenvalue weighted by Crippen LogP contribution is 2.17. The highest BCUT2D eigenvalue weighted by molar-refractivity contribution is 4.75. The Bertz CT molecular complexity index is 185. The molecule has 1 fully saturated rings. The van der Waals surface area contributed by atoms with Crippen molar-refractivity contribution in [2.45, 2.75) is 45.6 Å². The Morgan fingerprint density at radius 3 is 2.82 bits per heavy atom. The van der Waals surface area contributed by atoms with Crippen LogP contribution in [0.3, 0.4) is 0 Å². The number of likely N-dealkylation sites (tertiary alicyclic amines) is 1. The molecule has 0 aromatic rings. The van der Waals surface area contributed by atoms with Crippen LogP contribution in [-0.4, -0.2) is 50.8 Å². The first kappa shape index (κ1) is 14.9. The van der Waals surface area contributed by atoms with Gasteiger partial charge in [0.2, 0.25) is 0 Å². The van der Waals surface area contributed by atoms with E-state index >= 15 is 0 Å². The average molecular weight is 242 g/mol. The first-order chi connectivity index (χ1) is 8.20. The average Bonchev–Trinajstić information content (AvgIpc) is 2.68. The molecule has 0 aromatic carbocycles. The van der Waals surface area contributed by atoms with E-state index in [1.54, 1.807) is 0 Å². The van der Waals surface area contributed by atoms with E-state index in [2.05, 4.69) is 31.1 Å². The number of rotatable bonds is 9. The predicted octanol–water partition coefficient (Wildman–Crippen LogP) is 2.12. The van der Waals surface area contributed by atoms with E-state index in [1.807, 2.05) is 0 Å². The quantitative estimate of drug-likeness (QED) is 0.627. The van der Waals surface area contributed by atoms with Crippen LogP contribution in [0.4, 0.5) is 0 Å². The molecule has 0 aromatic heterocycles. The number of nitrogens with one attached hydrogen (secondary N) is 1. The summed E-state index contributed by atoms with van der Waals surface area (Å²) in [7, 11) is 2.23. The molecule has 1 heterocycles. The summed E-state index contributed by atoms with van der Waals surface area (Å²) in [6.45, 7) is 9.78. The zero-order valence-corrected chi connectivity index (χ0v) is 11.9. The first-order valence-electron chi connectivity index (χ1n) is 7.19. The molecule has 1 aliphatic rings. The fourth-order valence-corrected chi connectivity index (χ4v) is 2.36. The molecule has 3 nitrogen and oxygen atoms in total. The number of nitrogens with zero attached hydrogens (tertiary/aromatic N) is 1. The summed E-state index contributed by atoms with van der Waals surface area (Å²) < 4.78 is 5.68. The maximum absolute atomic E-state index is 5.68. The van der Waals surface area contributed by atoms with Crippen molar-refractivity contribution in [1.82, 2.24) is 10.2 Å². The SMILES string of the molecule is CC(C)CNCCCOCCC1CCCN1C.